The Kier molecular flexibility index (Phi) is 21.0. The summed E-state index contributed by atoms with van der Waals surface area (Å²) in [5.41, 5.74) is 0. The molecule has 0 N–H and O–H groups in total. The maximum atomic E-state index is 5.39. The van der Waals surface area contributed by atoms with Crippen molar-refractivity contribution in [1.82, 2.24) is 0 Å². The molecule has 0 aromatic carbocycles. The van der Waals surface area contributed by atoms with Gasteiger partial charge in [0.1, 0.15) is 0 Å². The van der Waals surface area contributed by atoms with Crippen molar-refractivity contribution in [2.45, 2.75) is 75.9 Å². The molecular weight excluding hydrogens is 408 g/mol. The number of unbranched alkanes of at least 4 members (excludes halogenated alkanes) is 3. The quantitative estimate of drug-likeness (QED) is 0.190. The van der Waals surface area contributed by atoms with Crippen molar-refractivity contribution in [3.8, 4) is 0 Å². The van der Waals surface area contributed by atoms with E-state index in [2.05, 4.69) is 0 Å². The Hall–Kier alpha value is 0.411. The van der Waals surface area contributed by atoms with Gasteiger partial charge in [-0.3, -0.25) is 0 Å². The van der Waals surface area contributed by atoms with E-state index in [0.717, 1.165) is 24.1 Å². The minimum absolute atomic E-state index is 0.808. The average Bonchev–Trinajstić information content (AvgIpc) is 2.73. The van der Waals surface area contributed by atoms with E-state index in [0.29, 0.717) is 0 Å². The topological polar surface area (TPSA) is 55.4 Å². The maximum Gasteiger partial charge on any atom is 0.384 e. The van der Waals surface area contributed by atoms with Crippen LogP contribution in [0.4, 0.5) is 0 Å². The Morgan fingerprint density at radius 1 is 0.429 bits per heavy atom. The molecule has 0 aromatic heterocycles. The molecule has 9 heteroatoms. The molecule has 6 nitrogen and oxygen atoms in total. The van der Waals surface area contributed by atoms with E-state index in [4.69, 9.17) is 26.6 Å². The highest BCUT2D eigenvalue weighted by Crippen LogP contribution is 2.24. The van der Waals surface area contributed by atoms with Crippen molar-refractivity contribution < 1.29 is 26.6 Å². The molecule has 0 aliphatic carbocycles. The minimum Gasteiger partial charge on any atom is -0.397 e. The van der Waals surface area contributed by atoms with Crippen molar-refractivity contribution in [3.63, 3.8) is 0 Å². The lowest BCUT2D eigenvalue weighted by Gasteiger charge is -2.18. The van der Waals surface area contributed by atoms with E-state index >= 15 is 0 Å². The predicted molar refractivity (Wildman–Crippen MR) is 119 cm³/mol. The molecule has 0 aliphatic heterocycles. The molecule has 0 fully saturated rings. The second kappa shape index (κ2) is 20.7. The Morgan fingerprint density at radius 3 is 0.893 bits per heavy atom. The van der Waals surface area contributed by atoms with Gasteiger partial charge in [0.2, 0.25) is 0 Å². The monoisotopic (exact) mass is 451 g/mol. The molecule has 0 saturated heterocycles. The predicted octanol–water partition coefficient (Wildman–Crippen LogP) is 4.46. The molecule has 0 aliphatic rings. The lowest BCUT2D eigenvalue weighted by molar-refractivity contribution is 0.273. The van der Waals surface area contributed by atoms with Gasteiger partial charge in [0.05, 0.1) is 0 Å². The molecule has 0 rings (SSSR count). The molecule has 0 spiro atoms. The molecule has 3 radical (unpaired) electrons. The van der Waals surface area contributed by atoms with E-state index in [1.54, 1.807) is 42.7 Å². The molecule has 167 valence electrons. The van der Waals surface area contributed by atoms with Gasteiger partial charge in [-0.2, -0.15) is 0 Å². The van der Waals surface area contributed by atoms with Gasteiger partial charge in [0.25, 0.3) is 0 Å². The van der Waals surface area contributed by atoms with Gasteiger partial charge < -0.3 is 26.6 Å². The highest BCUT2D eigenvalue weighted by atomic mass is 28.3. The zero-order chi connectivity index (χ0) is 21.0. The zero-order valence-electron chi connectivity index (χ0n) is 19.0. The maximum absolute atomic E-state index is 5.39. The molecular formula is C19H43O6Si3. The smallest absolute Gasteiger partial charge is 0.384 e. The molecule has 0 aromatic rings. The third-order valence-electron chi connectivity index (χ3n) is 5.10. The van der Waals surface area contributed by atoms with Crippen LogP contribution in [0.2, 0.25) is 18.1 Å². The van der Waals surface area contributed by atoms with Crippen LogP contribution < -0.4 is 0 Å². The second-order valence-corrected chi connectivity index (χ2v) is 13.1. The fraction of sp³-hybridized carbons (Fsp3) is 1.00. The minimum atomic E-state index is -1.04. The van der Waals surface area contributed by atoms with Crippen molar-refractivity contribution in [3.05, 3.63) is 0 Å². The third-order valence-corrected chi connectivity index (χ3v) is 10.1. The van der Waals surface area contributed by atoms with Crippen LogP contribution in [0, 0.1) is 5.92 Å². The summed E-state index contributed by atoms with van der Waals surface area (Å²) in [6, 6.07) is 3.22. The van der Waals surface area contributed by atoms with Gasteiger partial charge in [-0.25, -0.2) is 0 Å². The molecule has 0 bridgehead atoms. The highest BCUT2D eigenvalue weighted by molar-refractivity contribution is 6.44. The molecule has 0 amide bonds. The molecule has 0 heterocycles. The fourth-order valence-corrected chi connectivity index (χ4v) is 6.74. The first-order valence-electron chi connectivity index (χ1n) is 10.5. The van der Waals surface area contributed by atoms with Gasteiger partial charge in [-0.05, 0) is 24.1 Å². The van der Waals surface area contributed by atoms with Gasteiger partial charge in [-0.1, -0.05) is 57.8 Å². The van der Waals surface area contributed by atoms with Crippen LogP contribution in [0.25, 0.3) is 0 Å². The van der Waals surface area contributed by atoms with Crippen LogP contribution in [0.3, 0.4) is 0 Å². The number of hydrogen-bond donors (Lipinski definition) is 0. The Morgan fingerprint density at radius 2 is 0.679 bits per heavy atom. The Labute approximate surface area is 179 Å². The normalized spacial score (nSPS) is 12.2. The largest absolute Gasteiger partial charge is 0.397 e. The summed E-state index contributed by atoms with van der Waals surface area (Å²) in [5, 5.41) is 0. The zero-order valence-corrected chi connectivity index (χ0v) is 22.0. The van der Waals surface area contributed by atoms with E-state index in [1.165, 1.54) is 57.8 Å². The van der Waals surface area contributed by atoms with Crippen LogP contribution in [0.15, 0.2) is 0 Å². The first kappa shape index (κ1) is 28.4. The molecule has 0 atom stereocenters. The highest BCUT2D eigenvalue weighted by Gasteiger charge is 2.16. The van der Waals surface area contributed by atoms with E-state index in [1.807, 2.05) is 0 Å². The van der Waals surface area contributed by atoms with E-state index < -0.39 is 27.9 Å². The summed E-state index contributed by atoms with van der Waals surface area (Å²) >= 11 is 0. The summed E-state index contributed by atoms with van der Waals surface area (Å²) in [6.07, 6.45) is 11.3. The lowest BCUT2D eigenvalue weighted by Crippen LogP contribution is -2.19. The second-order valence-electron chi connectivity index (χ2n) is 6.94. The lowest BCUT2D eigenvalue weighted by atomic mass is 9.91. The molecule has 0 unspecified atom stereocenters. The van der Waals surface area contributed by atoms with Crippen LogP contribution >= 0.6 is 0 Å². The van der Waals surface area contributed by atoms with Crippen LogP contribution in [-0.2, 0) is 26.6 Å². The SMILES string of the molecule is CO[Si](CCCCC(CCCC[Si](OC)OC)CCCC[Si](OC)OC)OC. The standard InChI is InChI=1S/C19H43O6Si3/c1-20-26(21-2)16-10-7-13-19(14-8-11-17-27(22-3)23-4)15-9-12-18-28(24-5)25-6/h19H,7-18H2,1-6H3. The first-order chi connectivity index (χ1) is 13.6. The van der Waals surface area contributed by atoms with Crippen LogP contribution in [-0.4, -0.2) is 70.5 Å². The van der Waals surface area contributed by atoms with E-state index in [-0.39, 0.29) is 0 Å². The van der Waals surface area contributed by atoms with Crippen LogP contribution in [0.1, 0.15) is 57.8 Å². The van der Waals surface area contributed by atoms with Gasteiger partial charge in [0, 0.05) is 42.7 Å². The third kappa shape index (κ3) is 15.3. The Bertz CT molecular complexity index is 268. The van der Waals surface area contributed by atoms with Gasteiger partial charge >= 0.3 is 27.9 Å². The fourth-order valence-electron chi connectivity index (χ4n) is 3.40. The van der Waals surface area contributed by atoms with Crippen molar-refractivity contribution in [2.75, 3.05) is 42.7 Å². The first-order valence-corrected chi connectivity index (χ1v) is 15.0. The Balaban J connectivity index is 4.17. The van der Waals surface area contributed by atoms with Crippen molar-refractivity contribution in [1.29, 1.82) is 0 Å². The number of rotatable bonds is 21. The summed E-state index contributed by atoms with van der Waals surface area (Å²) in [7, 11) is 7.41. The summed E-state index contributed by atoms with van der Waals surface area (Å²) in [5.74, 6) is 0.808. The number of hydrogen-bond acceptors (Lipinski definition) is 6. The van der Waals surface area contributed by atoms with Gasteiger partial charge in [-0.15, -0.1) is 0 Å². The summed E-state index contributed by atoms with van der Waals surface area (Å²) in [6.45, 7) is 0. The van der Waals surface area contributed by atoms with Crippen molar-refractivity contribution in [2.24, 2.45) is 5.92 Å². The van der Waals surface area contributed by atoms with Crippen molar-refractivity contribution >= 4 is 27.9 Å². The molecule has 28 heavy (non-hydrogen) atoms. The van der Waals surface area contributed by atoms with Gasteiger partial charge in [0.15, 0.2) is 0 Å². The summed E-state index contributed by atoms with van der Waals surface area (Å²) < 4.78 is 32.3. The summed E-state index contributed by atoms with van der Waals surface area (Å²) in [4.78, 5) is 0. The molecule has 0 saturated carbocycles. The average molecular weight is 452 g/mol. The van der Waals surface area contributed by atoms with E-state index in [9.17, 15) is 0 Å². The van der Waals surface area contributed by atoms with Crippen LogP contribution in [0.5, 0.6) is 0 Å².